The Balaban J connectivity index is 2.16. The van der Waals surface area contributed by atoms with Crippen molar-refractivity contribution in [2.24, 2.45) is 0 Å². The van der Waals surface area contributed by atoms with E-state index in [-0.39, 0.29) is 0 Å². The van der Waals surface area contributed by atoms with Crippen LogP contribution in [0.4, 0.5) is 0 Å². The number of nitrogens with one attached hydrogen (secondary N) is 1. The van der Waals surface area contributed by atoms with Crippen molar-refractivity contribution in [3.05, 3.63) is 17.4 Å². The Hall–Kier alpha value is -0.500. The van der Waals surface area contributed by atoms with Crippen molar-refractivity contribution in [2.75, 3.05) is 39.6 Å². The van der Waals surface area contributed by atoms with Gasteiger partial charge in [0.25, 0.3) is 0 Å². The maximum Gasteiger partial charge on any atom is 0.113 e. The largest absolute Gasteiger partial charge is 0.566 e. The van der Waals surface area contributed by atoms with Crippen LogP contribution in [0.3, 0.4) is 0 Å². The Labute approximate surface area is 95.2 Å². The van der Waals surface area contributed by atoms with Crippen LogP contribution in [0.1, 0.15) is 12.8 Å². The first kappa shape index (κ1) is 13.6. The first-order valence-corrected chi connectivity index (χ1v) is 5.49. The van der Waals surface area contributed by atoms with Crippen LogP contribution in [-0.4, -0.2) is 39.6 Å². The second kappa shape index (κ2) is 9.71. The number of quaternary nitrogens is 1. The molecule has 0 spiro atoms. The molecule has 0 aromatic heterocycles. The fourth-order valence-corrected chi connectivity index (χ4v) is 1.11. The summed E-state index contributed by atoms with van der Waals surface area (Å²) < 4.78 is 10.5. The average molecular weight is 233 g/mol. The van der Waals surface area contributed by atoms with Gasteiger partial charge in [-0.3, -0.25) is 0 Å². The van der Waals surface area contributed by atoms with E-state index in [1.54, 1.807) is 0 Å². The zero-order valence-corrected chi connectivity index (χ0v) is 9.35. The quantitative estimate of drug-likeness (QED) is 0.456. The summed E-state index contributed by atoms with van der Waals surface area (Å²) in [6, 6.07) is 0. The lowest BCUT2D eigenvalue weighted by atomic mass is 10.5. The maximum absolute atomic E-state index is 11.0. The summed E-state index contributed by atoms with van der Waals surface area (Å²) in [6.45, 7) is 2.93. The van der Waals surface area contributed by atoms with Gasteiger partial charge in [-0.2, -0.15) is 9.68 Å². The van der Waals surface area contributed by atoms with Crippen molar-refractivity contribution in [3.8, 4) is 0 Å². The molecule has 0 unspecified atom stereocenters. The fraction of sp³-hybridized carbons (Fsp3) is 0.800. The SMILES string of the molecule is [O-][NH+]1OCCCOC/C=C\COCCCO1. The molecule has 16 heavy (non-hydrogen) atoms. The molecule has 0 saturated heterocycles. The zero-order valence-electron chi connectivity index (χ0n) is 9.35. The number of hydrogen-bond donors (Lipinski definition) is 1. The second-order valence-corrected chi connectivity index (χ2v) is 3.28. The summed E-state index contributed by atoms with van der Waals surface area (Å²) in [5, 5.41) is 10.4. The van der Waals surface area contributed by atoms with Gasteiger partial charge in [-0.15, -0.1) is 0 Å². The monoisotopic (exact) mass is 233 g/mol. The lowest BCUT2D eigenvalue weighted by Crippen LogP contribution is -3.05. The molecule has 0 aliphatic carbocycles. The van der Waals surface area contributed by atoms with E-state index in [2.05, 4.69) is 0 Å². The molecule has 1 aliphatic rings. The van der Waals surface area contributed by atoms with Gasteiger partial charge in [0, 0.05) is 26.1 Å². The predicted molar refractivity (Wildman–Crippen MR) is 56.2 cm³/mol. The third kappa shape index (κ3) is 7.75. The third-order valence-electron chi connectivity index (χ3n) is 1.90. The number of ether oxygens (including phenoxy) is 2. The fourth-order valence-electron chi connectivity index (χ4n) is 1.11. The molecule has 0 saturated carbocycles. The van der Waals surface area contributed by atoms with Crippen molar-refractivity contribution in [2.45, 2.75) is 12.8 Å². The van der Waals surface area contributed by atoms with Crippen LogP contribution in [0.25, 0.3) is 0 Å². The van der Waals surface area contributed by atoms with Gasteiger partial charge < -0.3 is 14.7 Å². The average Bonchev–Trinajstić information content (AvgIpc) is 2.29. The number of rotatable bonds is 0. The summed E-state index contributed by atoms with van der Waals surface area (Å²) in [7, 11) is 0. The topological polar surface area (TPSA) is 64.4 Å². The highest BCUT2D eigenvalue weighted by Crippen LogP contribution is 1.87. The first-order valence-electron chi connectivity index (χ1n) is 5.49. The predicted octanol–water partition coefficient (Wildman–Crippen LogP) is -0.384. The molecule has 6 nitrogen and oxygen atoms in total. The Morgan fingerprint density at radius 3 is 1.81 bits per heavy atom. The molecule has 1 rings (SSSR count). The minimum Gasteiger partial charge on any atom is -0.566 e. The molecular formula is C10H19NO5. The van der Waals surface area contributed by atoms with E-state index in [9.17, 15) is 5.21 Å². The van der Waals surface area contributed by atoms with E-state index in [0.717, 1.165) is 0 Å². The Bertz CT molecular complexity index is 170. The van der Waals surface area contributed by atoms with Gasteiger partial charge in [-0.05, 0) is 0 Å². The molecular weight excluding hydrogens is 214 g/mol. The van der Waals surface area contributed by atoms with Gasteiger partial charge in [0.2, 0.25) is 0 Å². The molecule has 0 bridgehead atoms. The summed E-state index contributed by atoms with van der Waals surface area (Å²) >= 11 is 0. The molecule has 1 aliphatic heterocycles. The van der Waals surface area contributed by atoms with Crippen molar-refractivity contribution < 1.29 is 24.5 Å². The van der Waals surface area contributed by atoms with E-state index in [4.69, 9.17) is 19.1 Å². The third-order valence-corrected chi connectivity index (χ3v) is 1.90. The molecule has 0 radical (unpaired) electrons. The molecule has 0 amide bonds. The minimum atomic E-state index is -0.618. The number of hydrogen-bond acceptors (Lipinski definition) is 5. The lowest BCUT2D eigenvalue weighted by molar-refractivity contribution is -1.21. The Morgan fingerprint density at radius 2 is 1.31 bits per heavy atom. The molecule has 0 fully saturated rings. The summed E-state index contributed by atoms with van der Waals surface area (Å²) in [6.07, 6.45) is 5.20. The van der Waals surface area contributed by atoms with Crippen LogP contribution < -0.4 is 5.39 Å². The second-order valence-electron chi connectivity index (χ2n) is 3.28. The van der Waals surface area contributed by atoms with Crippen LogP contribution in [0.5, 0.6) is 0 Å². The summed E-state index contributed by atoms with van der Waals surface area (Å²) in [5.41, 5.74) is 0. The standard InChI is InChI=1S/C10H19NO5/c12-11-15-9-3-7-13-5-1-2-6-14-8-4-10-16-11/h1-2,11H,3-10H2/b2-1-. The van der Waals surface area contributed by atoms with E-state index < -0.39 is 5.39 Å². The van der Waals surface area contributed by atoms with Gasteiger partial charge in [-0.1, -0.05) is 17.5 Å². The van der Waals surface area contributed by atoms with Crippen LogP contribution >= 0.6 is 0 Å². The lowest BCUT2D eigenvalue weighted by Gasteiger charge is -2.16. The molecule has 94 valence electrons. The van der Waals surface area contributed by atoms with E-state index in [0.29, 0.717) is 52.5 Å². The van der Waals surface area contributed by atoms with E-state index in [1.807, 2.05) is 12.2 Å². The van der Waals surface area contributed by atoms with Crippen LogP contribution in [0.2, 0.25) is 0 Å². The maximum atomic E-state index is 11.0. The summed E-state index contributed by atoms with van der Waals surface area (Å²) in [4.78, 5) is 9.64. The molecule has 1 N–H and O–H groups in total. The molecule has 0 atom stereocenters. The highest BCUT2D eigenvalue weighted by atomic mass is 17.1. The minimum absolute atomic E-state index is 0.332. The molecule has 0 aromatic rings. The smallest absolute Gasteiger partial charge is 0.113 e. The van der Waals surface area contributed by atoms with Gasteiger partial charge in [0.05, 0.1) is 13.2 Å². The zero-order chi connectivity index (χ0) is 11.5. The van der Waals surface area contributed by atoms with Gasteiger partial charge in [-0.25, -0.2) is 0 Å². The van der Waals surface area contributed by atoms with Crippen molar-refractivity contribution in [3.63, 3.8) is 0 Å². The van der Waals surface area contributed by atoms with Gasteiger partial charge in [0.15, 0.2) is 0 Å². The van der Waals surface area contributed by atoms with Crippen LogP contribution in [-0.2, 0) is 19.1 Å². The van der Waals surface area contributed by atoms with Crippen molar-refractivity contribution in [1.82, 2.24) is 0 Å². The van der Waals surface area contributed by atoms with Crippen LogP contribution in [0, 0.1) is 5.21 Å². The molecule has 6 heteroatoms. The highest BCUT2D eigenvalue weighted by Gasteiger charge is 2.00. The van der Waals surface area contributed by atoms with E-state index in [1.165, 1.54) is 0 Å². The van der Waals surface area contributed by atoms with Gasteiger partial charge >= 0.3 is 0 Å². The first-order chi connectivity index (χ1) is 7.89. The van der Waals surface area contributed by atoms with Gasteiger partial charge in [0.1, 0.15) is 13.2 Å². The Morgan fingerprint density at radius 1 is 0.812 bits per heavy atom. The highest BCUT2D eigenvalue weighted by molar-refractivity contribution is 4.81. The summed E-state index contributed by atoms with van der Waals surface area (Å²) in [5.74, 6) is 0. The van der Waals surface area contributed by atoms with Crippen molar-refractivity contribution >= 4 is 0 Å². The molecule has 0 aromatic carbocycles. The Kier molecular flexibility index (Phi) is 8.23. The van der Waals surface area contributed by atoms with Crippen LogP contribution in [0.15, 0.2) is 12.2 Å². The van der Waals surface area contributed by atoms with Crippen molar-refractivity contribution in [1.29, 1.82) is 0 Å². The normalized spacial score (nSPS) is 25.6. The van der Waals surface area contributed by atoms with E-state index >= 15 is 0 Å². The molecule has 1 heterocycles.